The molecule has 1 aromatic heterocycles. The molecule has 30 heavy (non-hydrogen) atoms. The zero-order chi connectivity index (χ0) is 21.6. The number of rotatable bonds is 10. The average molecular weight is 449 g/mol. The van der Waals surface area contributed by atoms with E-state index in [4.69, 9.17) is 4.74 Å². The van der Waals surface area contributed by atoms with E-state index in [0.29, 0.717) is 6.61 Å². The van der Waals surface area contributed by atoms with Gasteiger partial charge in [-0.2, -0.15) is 0 Å². The summed E-state index contributed by atoms with van der Waals surface area (Å²) in [5.41, 5.74) is 0.851. The summed E-state index contributed by atoms with van der Waals surface area (Å²) < 4.78 is 34.0. The topological polar surface area (TPSA) is 61.2 Å². The molecule has 0 saturated heterocycles. The Morgan fingerprint density at radius 3 is 2.47 bits per heavy atom. The van der Waals surface area contributed by atoms with Gasteiger partial charge in [-0.25, -0.2) is 13.4 Å². The van der Waals surface area contributed by atoms with Gasteiger partial charge in [-0.15, -0.1) is 0 Å². The normalized spacial score (nSPS) is 16.1. The summed E-state index contributed by atoms with van der Waals surface area (Å²) in [5.74, 6) is 0.742. The van der Waals surface area contributed by atoms with Gasteiger partial charge in [0.1, 0.15) is 6.73 Å². The Morgan fingerprint density at radius 2 is 1.80 bits per heavy atom. The van der Waals surface area contributed by atoms with Crippen molar-refractivity contribution in [3.05, 3.63) is 42.2 Å². The second-order valence-electron chi connectivity index (χ2n) is 9.69. The Labute approximate surface area is 182 Å². The largest absolute Gasteiger partial charge is 0.361 e. The van der Waals surface area contributed by atoms with Crippen molar-refractivity contribution in [1.82, 2.24) is 9.55 Å². The molecule has 0 N–H and O–H groups in total. The molecule has 5 nitrogen and oxygen atoms in total. The van der Waals surface area contributed by atoms with Gasteiger partial charge in [0, 0.05) is 20.9 Å². The van der Waals surface area contributed by atoms with E-state index >= 15 is 0 Å². The number of aryl methyl sites for hydroxylation is 1. The first-order valence-corrected chi connectivity index (χ1v) is 16.4. The summed E-state index contributed by atoms with van der Waals surface area (Å²) in [7, 11) is -4.87. The van der Waals surface area contributed by atoms with Crippen molar-refractivity contribution < 1.29 is 13.2 Å². The molecule has 0 radical (unpaired) electrons. The van der Waals surface area contributed by atoms with E-state index in [1.807, 2.05) is 12.3 Å². The highest BCUT2D eigenvalue weighted by Crippen LogP contribution is 2.28. The maximum atomic E-state index is 13.2. The number of sulfone groups is 1. The smallest absolute Gasteiger partial charge is 0.240 e. The summed E-state index contributed by atoms with van der Waals surface area (Å²) in [6.07, 6.45) is 10.3. The van der Waals surface area contributed by atoms with Crippen LogP contribution in [0.25, 0.3) is 0 Å². The van der Waals surface area contributed by atoms with Crippen LogP contribution in [0.2, 0.25) is 25.7 Å². The maximum absolute atomic E-state index is 13.2. The van der Waals surface area contributed by atoms with Crippen molar-refractivity contribution in [3.63, 3.8) is 0 Å². The average Bonchev–Trinajstić information content (AvgIpc) is 3.14. The Morgan fingerprint density at radius 1 is 1.10 bits per heavy atom. The molecule has 1 heterocycles. The molecule has 0 atom stereocenters. The van der Waals surface area contributed by atoms with Crippen LogP contribution in [0.4, 0.5) is 0 Å². The van der Waals surface area contributed by atoms with E-state index in [1.165, 1.54) is 32.1 Å². The predicted octanol–water partition coefficient (Wildman–Crippen LogP) is 5.54. The molecule has 7 heteroatoms. The van der Waals surface area contributed by atoms with Crippen molar-refractivity contribution in [2.45, 2.75) is 87.4 Å². The molecule has 1 fully saturated rings. The zero-order valence-corrected chi connectivity index (χ0v) is 20.5. The van der Waals surface area contributed by atoms with Crippen LogP contribution < -0.4 is 0 Å². The fourth-order valence-electron chi connectivity index (χ4n) is 3.95. The third-order valence-electron chi connectivity index (χ3n) is 5.84. The van der Waals surface area contributed by atoms with E-state index in [2.05, 4.69) is 24.6 Å². The van der Waals surface area contributed by atoms with Crippen LogP contribution in [-0.2, 0) is 27.7 Å². The van der Waals surface area contributed by atoms with E-state index in [-0.39, 0.29) is 16.8 Å². The third-order valence-corrected chi connectivity index (χ3v) is 9.25. The van der Waals surface area contributed by atoms with Gasteiger partial charge in [0.05, 0.1) is 10.6 Å². The zero-order valence-electron chi connectivity index (χ0n) is 18.6. The van der Waals surface area contributed by atoms with Gasteiger partial charge >= 0.3 is 0 Å². The van der Waals surface area contributed by atoms with Crippen LogP contribution in [0.5, 0.6) is 0 Å². The molecule has 0 aliphatic heterocycles. The number of benzene rings is 1. The van der Waals surface area contributed by atoms with Gasteiger partial charge in [0.2, 0.25) is 15.0 Å². The van der Waals surface area contributed by atoms with Crippen molar-refractivity contribution in [2.75, 3.05) is 6.61 Å². The van der Waals surface area contributed by atoms with Crippen LogP contribution in [0.15, 0.2) is 46.6 Å². The van der Waals surface area contributed by atoms with Gasteiger partial charge in [0.25, 0.3) is 0 Å². The summed E-state index contributed by atoms with van der Waals surface area (Å²) >= 11 is 0. The first-order valence-electron chi connectivity index (χ1n) is 11.2. The Hall–Kier alpha value is -1.44. The molecule has 3 rings (SSSR count). The van der Waals surface area contributed by atoms with Crippen LogP contribution in [0, 0.1) is 5.92 Å². The molecule has 0 amide bonds. The van der Waals surface area contributed by atoms with Crippen LogP contribution >= 0.6 is 0 Å². The SMILES string of the molecule is C[Si](C)(C)CCOCn1cc(CCC2CCCCC2)nc1S(=O)(=O)c1ccccc1. The molecule has 2 aromatic rings. The summed E-state index contributed by atoms with van der Waals surface area (Å²) in [6.45, 7) is 7.80. The number of ether oxygens (including phenoxy) is 1. The number of hydrogen-bond acceptors (Lipinski definition) is 4. The van der Waals surface area contributed by atoms with Crippen molar-refractivity contribution >= 4 is 17.9 Å². The van der Waals surface area contributed by atoms with Gasteiger partial charge < -0.3 is 4.74 Å². The number of imidazole rings is 1. The van der Waals surface area contributed by atoms with Crippen LogP contribution in [0.1, 0.15) is 44.2 Å². The first-order chi connectivity index (χ1) is 14.3. The molecule has 0 unspecified atom stereocenters. The minimum Gasteiger partial charge on any atom is -0.361 e. The van der Waals surface area contributed by atoms with Crippen molar-refractivity contribution in [2.24, 2.45) is 5.92 Å². The fourth-order valence-corrected chi connectivity index (χ4v) is 6.09. The predicted molar refractivity (Wildman–Crippen MR) is 123 cm³/mol. The third kappa shape index (κ3) is 6.53. The lowest BCUT2D eigenvalue weighted by atomic mass is 9.86. The highest BCUT2D eigenvalue weighted by Gasteiger charge is 2.25. The van der Waals surface area contributed by atoms with E-state index < -0.39 is 17.9 Å². The van der Waals surface area contributed by atoms with Gasteiger partial charge in [-0.05, 0) is 36.9 Å². The van der Waals surface area contributed by atoms with Crippen LogP contribution in [-0.4, -0.2) is 32.6 Å². The highest BCUT2D eigenvalue weighted by atomic mass is 32.2. The molecule has 166 valence electrons. The monoisotopic (exact) mass is 448 g/mol. The van der Waals surface area contributed by atoms with Gasteiger partial charge in [-0.3, -0.25) is 4.57 Å². The maximum Gasteiger partial charge on any atom is 0.240 e. The highest BCUT2D eigenvalue weighted by molar-refractivity contribution is 7.91. The summed E-state index contributed by atoms with van der Waals surface area (Å²) in [6, 6.07) is 9.62. The Kier molecular flexibility index (Phi) is 7.93. The van der Waals surface area contributed by atoms with Crippen molar-refractivity contribution in [3.8, 4) is 0 Å². The van der Waals surface area contributed by atoms with Crippen LogP contribution in [0.3, 0.4) is 0 Å². The molecular weight excluding hydrogens is 412 g/mol. The quantitative estimate of drug-likeness (QED) is 0.353. The fraction of sp³-hybridized carbons (Fsp3) is 0.609. The van der Waals surface area contributed by atoms with E-state index in [1.54, 1.807) is 28.8 Å². The minimum atomic E-state index is -3.68. The Balaban J connectivity index is 1.76. The molecule has 0 bridgehead atoms. The number of aromatic nitrogens is 2. The first kappa shape index (κ1) is 23.2. The lowest BCUT2D eigenvalue weighted by molar-refractivity contribution is 0.0809. The molecular formula is C23H36N2O3SSi. The molecule has 1 aromatic carbocycles. The molecule has 1 saturated carbocycles. The molecule has 0 spiro atoms. The number of nitrogens with zero attached hydrogens (tertiary/aromatic N) is 2. The summed E-state index contributed by atoms with van der Waals surface area (Å²) in [5, 5.41) is 0.0975. The molecule has 1 aliphatic rings. The van der Waals surface area contributed by atoms with E-state index in [9.17, 15) is 8.42 Å². The summed E-state index contributed by atoms with van der Waals surface area (Å²) in [4.78, 5) is 4.85. The standard InChI is InChI=1S/C23H36N2O3SSi/c1-30(2,3)17-16-28-19-25-18-21(15-14-20-10-6-4-7-11-20)24-23(25)29(26,27)22-12-8-5-9-13-22/h5,8-9,12-13,18,20H,4,6-7,10-11,14-17,19H2,1-3H3. The van der Waals surface area contributed by atoms with E-state index in [0.717, 1.165) is 30.5 Å². The Bertz CT molecular complexity index is 898. The second-order valence-corrected chi connectivity index (χ2v) is 17.2. The molecule has 1 aliphatic carbocycles. The minimum absolute atomic E-state index is 0.0975. The second kappa shape index (κ2) is 10.2. The number of hydrogen-bond donors (Lipinski definition) is 0. The lowest BCUT2D eigenvalue weighted by Gasteiger charge is -2.20. The van der Waals surface area contributed by atoms with Gasteiger partial charge in [0.15, 0.2) is 0 Å². The van der Waals surface area contributed by atoms with Crippen molar-refractivity contribution in [1.29, 1.82) is 0 Å². The van der Waals surface area contributed by atoms with Gasteiger partial charge in [-0.1, -0.05) is 69.9 Å². The lowest BCUT2D eigenvalue weighted by Crippen LogP contribution is -2.22.